The van der Waals surface area contributed by atoms with E-state index in [1.807, 2.05) is 44.3 Å². The van der Waals surface area contributed by atoms with Crippen LogP contribution in [0.4, 0.5) is 17.6 Å². The molecule has 0 bridgehead atoms. The van der Waals surface area contributed by atoms with E-state index < -0.39 is 0 Å². The zero-order valence-corrected chi connectivity index (χ0v) is 15.6. The van der Waals surface area contributed by atoms with E-state index in [9.17, 15) is 0 Å². The molecule has 0 aliphatic carbocycles. The first-order valence-electron chi connectivity index (χ1n) is 8.23. The molecule has 3 aromatic heterocycles. The summed E-state index contributed by atoms with van der Waals surface area (Å²) in [7, 11) is 1.85. The fourth-order valence-electron chi connectivity index (χ4n) is 2.55. The summed E-state index contributed by atoms with van der Waals surface area (Å²) in [5, 5.41) is 9.00. The first kappa shape index (κ1) is 17.2. The van der Waals surface area contributed by atoms with Crippen LogP contribution in [0.2, 0.25) is 0 Å². The molecule has 0 aliphatic heterocycles. The van der Waals surface area contributed by atoms with Crippen LogP contribution in [0.1, 0.15) is 18.0 Å². The van der Waals surface area contributed by atoms with Gasteiger partial charge in [-0.25, -0.2) is 9.97 Å². The van der Waals surface area contributed by atoms with E-state index in [0.29, 0.717) is 11.8 Å². The molecule has 10 heteroatoms. The Bertz CT molecular complexity index is 1080. The molecule has 4 aromatic rings. The lowest BCUT2D eigenvalue weighted by atomic mass is 10.3. The van der Waals surface area contributed by atoms with Crippen LogP contribution in [-0.2, 0) is 7.05 Å². The molecule has 0 amide bonds. The minimum Gasteiger partial charge on any atom is -0.368 e. The zero-order chi connectivity index (χ0) is 18.8. The van der Waals surface area contributed by atoms with Gasteiger partial charge < -0.3 is 11.1 Å². The molecule has 0 fully saturated rings. The lowest BCUT2D eigenvalue weighted by molar-refractivity contribution is 0.784. The number of anilines is 3. The van der Waals surface area contributed by atoms with E-state index in [4.69, 9.17) is 5.73 Å². The van der Waals surface area contributed by atoms with Crippen LogP contribution in [0.3, 0.4) is 0 Å². The molecule has 0 saturated heterocycles. The summed E-state index contributed by atoms with van der Waals surface area (Å²) in [5.41, 5.74) is 7.54. The van der Waals surface area contributed by atoms with Gasteiger partial charge in [-0.05, 0) is 19.1 Å². The predicted octanol–water partition coefficient (Wildman–Crippen LogP) is 2.73. The van der Waals surface area contributed by atoms with E-state index in [2.05, 4.69) is 35.3 Å². The molecule has 1 atom stereocenters. The van der Waals surface area contributed by atoms with Crippen molar-refractivity contribution in [2.75, 3.05) is 11.1 Å². The van der Waals surface area contributed by atoms with Gasteiger partial charge in [0.15, 0.2) is 5.65 Å². The second kappa shape index (κ2) is 7.16. The maximum Gasteiger partial charge on any atom is 0.232 e. The number of benzene rings is 1. The van der Waals surface area contributed by atoms with E-state index in [0.717, 1.165) is 21.7 Å². The molecule has 136 valence electrons. The summed E-state index contributed by atoms with van der Waals surface area (Å²) in [6, 6.07) is 9.66. The number of hydrogen-bond donors (Lipinski definition) is 2. The van der Waals surface area contributed by atoms with Gasteiger partial charge in [-0.2, -0.15) is 20.1 Å². The second-order valence-electron chi connectivity index (χ2n) is 5.81. The fraction of sp³-hybridized carbons (Fsp3) is 0.176. The molecule has 3 N–H and O–H groups in total. The van der Waals surface area contributed by atoms with E-state index in [1.54, 1.807) is 10.9 Å². The monoisotopic (exact) mass is 379 g/mol. The first-order valence-corrected chi connectivity index (χ1v) is 9.11. The summed E-state index contributed by atoms with van der Waals surface area (Å²) < 4.78 is 1.72. The molecular weight excluding hydrogens is 362 g/mol. The van der Waals surface area contributed by atoms with Gasteiger partial charge in [0.05, 0.1) is 16.8 Å². The molecule has 27 heavy (non-hydrogen) atoms. The normalized spacial score (nSPS) is 12.2. The van der Waals surface area contributed by atoms with Crippen LogP contribution >= 0.6 is 11.8 Å². The highest BCUT2D eigenvalue weighted by Crippen LogP contribution is 2.35. The highest BCUT2D eigenvalue weighted by molar-refractivity contribution is 7.99. The van der Waals surface area contributed by atoms with Gasteiger partial charge in [-0.15, -0.1) is 0 Å². The summed E-state index contributed by atoms with van der Waals surface area (Å²) in [4.78, 5) is 21.6. The number of nitrogens with zero attached hydrogens (tertiary/aromatic N) is 7. The van der Waals surface area contributed by atoms with Crippen molar-refractivity contribution < 1.29 is 0 Å². The number of para-hydroxylation sites is 1. The average Bonchev–Trinajstić information content (AvgIpc) is 3.04. The third kappa shape index (κ3) is 3.65. The largest absolute Gasteiger partial charge is 0.368 e. The highest BCUT2D eigenvalue weighted by Gasteiger charge is 2.17. The minimum atomic E-state index is -0.0927. The van der Waals surface area contributed by atoms with Gasteiger partial charge in [-0.3, -0.25) is 4.68 Å². The van der Waals surface area contributed by atoms with Crippen molar-refractivity contribution in [3.8, 4) is 0 Å². The molecule has 0 radical (unpaired) electrons. The highest BCUT2D eigenvalue weighted by atomic mass is 32.2. The molecule has 0 spiro atoms. The van der Waals surface area contributed by atoms with Crippen molar-refractivity contribution in [2.45, 2.75) is 17.2 Å². The van der Waals surface area contributed by atoms with Crippen molar-refractivity contribution >= 4 is 40.4 Å². The Hall–Kier alpha value is -3.27. The SMILES string of the molecule is CC(Sc1ncnc2c1cnn2C)c1nc(N)nc(Nc2ccccc2)n1. The molecule has 0 aliphatic rings. The fourth-order valence-corrected chi connectivity index (χ4v) is 3.48. The maximum atomic E-state index is 5.89. The standard InChI is InChI=1S/C17H17N9S/c1-10(27-15-12-8-21-26(2)14(12)19-9-20-15)13-23-16(18)25-17(24-13)22-11-6-4-3-5-7-11/h3-10H,1-2H3,(H3,18,22,23,24,25). The van der Waals surface area contributed by atoms with E-state index >= 15 is 0 Å². The number of nitrogens with two attached hydrogens (primary N) is 1. The van der Waals surface area contributed by atoms with Gasteiger partial charge in [0.1, 0.15) is 17.2 Å². The number of fused-ring (bicyclic) bond motifs is 1. The number of rotatable bonds is 5. The van der Waals surface area contributed by atoms with Crippen LogP contribution < -0.4 is 11.1 Å². The van der Waals surface area contributed by atoms with Crippen molar-refractivity contribution in [1.29, 1.82) is 0 Å². The predicted molar refractivity (Wildman–Crippen MR) is 105 cm³/mol. The number of aromatic nitrogens is 7. The topological polar surface area (TPSA) is 120 Å². The molecule has 3 heterocycles. The Labute approximate surface area is 159 Å². The Morgan fingerprint density at radius 3 is 2.74 bits per heavy atom. The van der Waals surface area contributed by atoms with Crippen molar-refractivity contribution in [3.63, 3.8) is 0 Å². The number of aryl methyl sites for hydroxylation is 1. The number of nitrogen functional groups attached to an aromatic ring is 1. The van der Waals surface area contributed by atoms with Crippen molar-refractivity contribution in [2.24, 2.45) is 7.05 Å². The second-order valence-corrected chi connectivity index (χ2v) is 7.14. The lowest BCUT2D eigenvalue weighted by Gasteiger charge is -2.12. The smallest absolute Gasteiger partial charge is 0.232 e. The Kier molecular flexibility index (Phi) is 4.55. The molecule has 1 aromatic carbocycles. The van der Waals surface area contributed by atoms with Crippen LogP contribution in [0.5, 0.6) is 0 Å². The summed E-state index contributed by atoms with van der Waals surface area (Å²) in [6.45, 7) is 2.00. The quantitative estimate of drug-likeness (QED) is 0.398. The maximum absolute atomic E-state index is 5.89. The molecule has 0 saturated carbocycles. The van der Waals surface area contributed by atoms with Gasteiger partial charge in [0, 0.05) is 12.7 Å². The Morgan fingerprint density at radius 1 is 1.11 bits per heavy atom. The van der Waals surface area contributed by atoms with E-state index in [1.165, 1.54) is 18.1 Å². The Balaban J connectivity index is 1.60. The summed E-state index contributed by atoms with van der Waals surface area (Å²) >= 11 is 1.52. The van der Waals surface area contributed by atoms with Gasteiger partial charge in [0.25, 0.3) is 0 Å². The Morgan fingerprint density at radius 2 is 1.93 bits per heavy atom. The van der Waals surface area contributed by atoms with Crippen molar-refractivity contribution in [3.05, 3.63) is 48.7 Å². The van der Waals surface area contributed by atoms with Crippen LogP contribution in [0.15, 0.2) is 47.9 Å². The van der Waals surface area contributed by atoms with Crippen LogP contribution in [0.25, 0.3) is 11.0 Å². The molecule has 9 nitrogen and oxygen atoms in total. The van der Waals surface area contributed by atoms with Crippen LogP contribution in [-0.4, -0.2) is 34.7 Å². The summed E-state index contributed by atoms with van der Waals surface area (Å²) in [6.07, 6.45) is 3.29. The average molecular weight is 379 g/mol. The van der Waals surface area contributed by atoms with Gasteiger partial charge >= 0.3 is 0 Å². The number of thioether (sulfide) groups is 1. The van der Waals surface area contributed by atoms with Gasteiger partial charge in [0.2, 0.25) is 11.9 Å². The number of nitrogens with one attached hydrogen (secondary N) is 1. The minimum absolute atomic E-state index is 0.0927. The molecule has 1 unspecified atom stereocenters. The first-order chi connectivity index (χ1) is 13.1. The van der Waals surface area contributed by atoms with E-state index in [-0.39, 0.29) is 11.2 Å². The van der Waals surface area contributed by atoms with Crippen molar-refractivity contribution in [1.82, 2.24) is 34.7 Å². The molecule has 4 rings (SSSR count). The zero-order valence-electron chi connectivity index (χ0n) is 14.7. The number of hydrogen-bond acceptors (Lipinski definition) is 9. The van der Waals surface area contributed by atoms with Gasteiger partial charge in [-0.1, -0.05) is 30.0 Å². The van der Waals surface area contributed by atoms with Crippen LogP contribution in [0, 0.1) is 0 Å². The summed E-state index contributed by atoms with van der Waals surface area (Å²) in [5.74, 6) is 1.15. The third-order valence-electron chi connectivity index (χ3n) is 3.84. The lowest BCUT2D eigenvalue weighted by Crippen LogP contribution is -2.08. The molecular formula is C17H17N9S. The third-order valence-corrected chi connectivity index (χ3v) is 4.96.